The Morgan fingerprint density at radius 1 is 1.14 bits per heavy atom. The van der Waals surface area contributed by atoms with Crippen LogP contribution in [0.1, 0.15) is 28.8 Å². The van der Waals surface area contributed by atoms with E-state index in [1.54, 1.807) is 6.07 Å². The van der Waals surface area contributed by atoms with Crippen LogP contribution in [0, 0.1) is 5.82 Å². The van der Waals surface area contributed by atoms with Crippen LogP contribution in [0.4, 0.5) is 10.1 Å². The van der Waals surface area contributed by atoms with E-state index in [9.17, 15) is 9.18 Å². The Bertz CT molecular complexity index is 653. The van der Waals surface area contributed by atoms with Crippen LogP contribution in [0.3, 0.4) is 0 Å². The zero-order chi connectivity index (χ0) is 14.7. The van der Waals surface area contributed by atoms with E-state index in [-0.39, 0.29) is 5.91 Å². The first kappa shape index (κ1) is 13.8. The molecule has 108 valence electrons. The second-order valence-electron chi connectivity index (χ2n) is 5.32. The van der Waals surface area contributed by atoms with Gasteiger partial charge in [0.25, 0.3) is 5.91 Å². The van der Waals surface area contributed by atoms with Crippen molar-refractivity contribution >= 4 is 11.6 Å². The molecule has 0 saturated heterocycles. The number of nitrogens with one attached hydrogen (secondary N) is 2. The Balaban J connectivity index is 1.66. The standard InChI is InChI=1S/C17H17FN2O/c18-14-5-2-4-13(10-14)17(21)20-16-6-1-3-12(9-16)11-19-15-7-8-15/h1-6,9-10,15,19H,7-8,11H2,(H,20,21). The minimum Gasteiger partial charge on any atom is -0.322 e. The van der Waals surface area contributed by atoms with Crippen LogP contribution < -0.4 is 10.6 Å². The van der Waals surface area contributed by atoms with Crippen molar-refractivity contribution in [1.29, 1.82) is 0 Å². The highest BCUT2D eigenvalue weighted by molar-refractivity contribution is 6.04. The highest BCUT2D eigenvalue weighted by Crippen LogP contribution is 2.20. The molecule has 1 amide bonds. The first-order chi connectivity index (χ1) is 10.2. The van der Waals surface area contributed by atoms with E-state index in [1.165, 1.54) is 31.0 Å². The van der Waals surface area contributed by atoms with Crippen LogP contribution in [0.5, 0.6) is 0 Å². The zero-order valence-corrected chi connectivity index (χ0v) is 11.6. The predicted octanol–water partition coefficient (Wildman–Crippen LogP) is 3.33. The Labute approximate surface area is 123 Å². The molecule has 2 N–H and O–H groups in total. The van der Waals surface area contributed by atoms with Crippen molar-refractivity contribution in [2.45, 2.75) is 25.4 Å². The quantitative estimate of drug-likeness (QED) is 0.884. The fourth-order valence-electron chi connectivity index (χ4n) is 2.14. The summed E-state index contributed by atoms with van der Waals surface area (Å²) in [5, 5.41) is 6.23. The van der Waals surface area contributed by atoms with E-state index in [0.717, 1.165) is 17.8 Å². The van der Waals surface area contributed by atoms with Gasteiger partial charge in [-0.05, 0) is 48.7 Å². The van der Waals surface area contributed by atoms with Crippen LogP contribution >= 0.6 is 0 Å². The molecule has 0 atom stereocenters. The van der Waals surface area contributed by atoms with E-state index < -0.39 is 5.82 Å². The molecular formula is C17H17FN2O. The summed E-state index contributed by atoms with van der Waals surface area (Å²) in [5.41, 5.74) is 2.16. The van der Waals surface area contributed by atoms with Gasteiger partial charge in [0.05, 0.1) is 0 Å². The molecule has 21 heavy (non-hydrogen) atoms. The summed E-state index contributed by atoms with van der Waals surface area (Å²) in [6.45, 7) is 0.800. The fraction of sp³-hybridized carbons (Fsp3) is 0.235. The number of hydrogen-bond donors (Lipinski definition) is 2. The molecule has 0 aromatic heterocycles. The molecule has 4 heteroatoms. The van der Waals surface area contributed by atoms with Gasteiger partial charge in [-0.15, -0.1) is 0 Å². The molecular weight excluding hydrogens is 267 g/mol. The van der Waals surface area contributed by atoms with E-state index >= 15 is 0 Å². The van der Waals surface area contributed by atoms with Crippen LogP contribution in [0.15, 0.2) is 48.5 Å². The molecule has 0 aliphatic heterocycles. The van der Waals surface area contributed by atoms with Crippen LogP contribution in [-0.4, -0.2) is 11.9 Å². The van der Waals surface area contributed by atoms with Gasteiger partial charge in [0.1, 0.15) is 5.82 Å². The molecule has 1 fully saturated rings. The number of amides is 1. The Morgan fingerprint density at radius 2 is 1.95 bits per heavy atom. The third-order valence-electron chi connectivity index (χ3n) is 3.44. The Morgan fingerprint density at radius 3 is 2.71 bits per heavy atom. The summed E-state index contributed by atoms with van der Waals surface area (Å²) in [6.07, 6.45) is 2.49. The minimum absolute atomic E-state index is 0.304. The van der Waals surface area contributed by atoms with Gasteiger partial charge in [0, 0.05) is 23.8 Å². The van der Waals surface area contributed by atoms with E-state index in [4.69, 9.17) is 0 Å². The van der Waals surface area contributed by atoms with Crippen LogP contribution in [0.2, 0.25) is 0 Å². The number of carbonyl (C=O) groups excluding carboxylic acids is 1. The van der Waals surface area contributed by atoms with Gasteiger partial charge < -0.3 is 10.6 Å². The van der Waals surface area contributed by atoms with Gasteiger partial charge in [-0.3, -0.25) is 4.79 Å². The van der Waals surface area contributed by atoms with Gasteiger partial charge in [-0.2, -0.15) is 0 Å². The number of halogens is 1. The lowest BCUT2D eigenvalue weighted by atomic mass is 10.1. The fourth-order valence-corrected chi connectivity index (χ4v) is 2.14. The number of anilines is 1. The number of hydrogen-bond acceptors (Lipinski definition) is 2. The van der Waals surface area contributed by atoms with Crippen LogP contribution in [0.25, 0.3) is 0 Å². The molecule has 0 radical (unpaired) electrons. The van der Waals surface area contributed by atoms with Crippen molar-refractivity contribution in [3.8, 4) is 0 Å². The average molecular weight is 284 g/mol. The highest BCUT2D eigenvalue weighted by atomic mass is 19.1. The Kier molecular flexibility index (Phi) is 3.97. The number of benzene rings is 2. The molecule has 1 saturated carbocycles. The monoisotopic (exact) mass is 284 g/mol. The molecule has 0 unspecified atom stereocenters. The summed E-state index contributed by atoms with van der Waals surface area (Å²) in [4.78, 5) is 12.1. The maximum atomic E-state index is 13.1. The second kappa shape index (κ2) is 6.06. The third-order valence-corrected chi connectivity index (χ3v) is 3.44. The van der Waals surface area contributed by atoms with E-state index in [2.05, 4.69) is 10.6 Å². The summed E-state index contributed by atoms with van der Waals surface area (Å²) in [6, 6.07) is 14.0. The van der Waals surface area contributed by atoms with Gasteiger partial charge in [-0.1, -0.05) is 18.2 Å². The minimum atomic E-state index is -0.412. The largest absolute Gasteiger partial charge is 0.322 e. The molecule has 1 aliphatic carbocycles. The van der Waals surface area contributed by atoms with Crippen molar-refractivity contribution in [2.75, 3.05) is 5.32 Å². The smallest absolute Gasteiger partial charge is 0.255 e. The molecule has 3 rings (SSSR count). The van der Waals surface area contributed by atoms with E-state index in [0.29, 0.717) is 11.6 Å². The van der Waals surface area contributed by atoms with Gasteiger partial charge >= 0.3 is 0 Å². The van der Waals surface area contributed by atoms with Crippen molar-refractivity contribution in [3.05, 3.63) is 65.5 Å². The maximum absolute atomic E-state index is 13.1. The highest BCUT2D eigenvalue weighted by Gasteiger charge is 2.19. The lowest BCUT2D eigenvalue weighted by Gasteiger charge is -2.08. The molecule has 2 aromatic rings. The molecule has 1 aliphatic rings. The Hall–Kier alpha value is -2.20. The average Bonchev–Trinajstić information content (AvgIpc) is 3.30. The molecule has 2 aromatic carbocycles. The maximum Gasteiger partial charge on any atom is 0.255 e. The normalized spacial score (nSPS) is 14.0. The summed E-state index contributed by atoms with van der Waals surface area (Å²) >= 11 is 0. The molecule has 0 heterocycles. The van der Waals surface area contributed by atoms with Crippen molar-refractivity contribution in [2.24, 2.45) is 0 Å². The molecule has 0 bridgehead atoms. The van der Waals surface area contributed by atoms with Gasteiger partial charge in [0.15, 0.2) is 0 Å². The summed E-state index contributed by atoms with van der Waals surface area (Å²) < 4.78 is 13.1. The van der Waals surface area contributed by atoms with Crippen molar-refractivity contribution in [3.63, 3.8) is 0 Å². The zero-order valence-electron chi connectivity index (χ0n) is 11.6. The summed E-state index contributed by atoms with van der Waals surface area (Å²) in [5.74, 6) is -0.716. The number of carbonyl (C=O) groups is 1. The van der Waals surface area contributed by atoms with Gasteiger partial charge in [0.2, 0.25) is 0 Å². The second-order valence-corrected chi connectivity index (χ2v) is 5.32. The topological polar surface area (TPSA) is 41.1 Å². The summed E-state index contributed by atoms with van der Waals surface area (Å²) in [7, 11) is 0. The first-order valence-electron chi connectivity index (χ1n) is 7.10. The first-order valence-corrected chi connectivity index (χ1v) is 7.10. The molecule has 3 nitrogen and oxygen atoms in total. The van der Waals surface area contributed by atoms with Crippen LogP contribution in [-0.2, 0) is 6.54 Å². The van der Waals surface area contributed by atoms with Crippen molar-refractivity contribution in [1.82, 2.24) is 5.32 Å². The SMILES string of the molecule is O=C(Nc1cccc(CNC2CC2)c1)c1cccc(F)c1. The molecule has 0 spiro atoms. The lowest BCUT2D eigenvalue weighted by molar-refractivity contribution is 0.102. The van der Waals surface area contributed by atoms with Gasteiger partial charge in [-0.25, -0.2) is 4.39 Å². The lowest BCUT2D eigenvalue weighted by Crippen LogP contribution is -2.16. The third kappa shape index (κ3) is 3.89. The number of rotatable bonds is 5. The van der Waals surface area contributed by atoms with E-state index in [1.807, 2.05) is 24.3 Å². The predicted molar refractivity (Wildman–Crippen MR) is 80.7 cm³/mol. The van der Waals surface area contributed by atoms with Crippen molar-refractivity contribution < 1.29 is 9.18 Å².